The van der Waals surface area contributed by atoms with Gasteiger partial charge < -0.3 is 15.3 Å². The molecule has 1 heterocycles. The summed E-state index contributed by atoms with van der Waals surface area (Å²) in [7, 11) is -15.3. The third-order valence-corrected chi connectivity index (χ3v) is 21.3. The number of sulfonamides is 3. The Bertz CT molecular complexity index is 4510. The van der Waals surface area contributed by atoms with Crippen LogP contribution in [0.5, 0.6) is 0 Å². The Morgan fingerprint density at radius 2 is 0.714 bits per heavy atom. The van der Waals surface area contributed by atoms with Gasteiger partial charge in [0.1, 0.15) is 10.0 Å². The van der Waals surface area contributed by atoms with E-state index in [-0.39, 0.29) is 40.5 Å². The fraction of sp³-hybridized carbons (Fsp3) is 0.103. The Morgan fingerprint density at radius 3 is 1.10 bits per heavy atom. The number of hydrogen-bond donors (Lipinski definition) is 6. The Morgan fingerprint density at radius 1 is 0.363 bits per heavy atom. The average Bonchev–Trinajstić information content (AvgIpc) is 1.77. The number of halogens is 1. The molecule has 10 aromatic rings. The van der Waals surface area contributed by atoms with Crippen molar-refractivity contribution in [1.82, 2.24) is 0 Å². The molecule has 0 unspecified atom stereocenters. The summed E-state index contributed by atoms with van der Waals surface area (Å²) in [5.74, 6) is -3.49. The van der Waals surface area contributed by atoms with E-state index in [9.17, 15) is 52.4 Å². The molecule has 91 heavy (non-hydrogen) atoms. The molecule has 0 aliphatic rings. The zero-order valence-electron chi connectivity index (χ0n) is 48.5. The van der Waals surface area contributed by atoms with Gasteiger partial charge in [0, 0.05) is 22.4 Å². The zero-order chi connectivity index (χ0) is 65.3. The Labute approximate surface area is 531 Å². The van der Waals surface area contributed by atoms with Crippen LogP contribution in [0.1, 0.15) is 70.0 Å². The molecule has 17 nitrogen and oxygen atoms in total. The Balaban J connectivity index is 0.000000178. The van der Waals surface area contributed by atoms with Gasteiger partial charge in [-0.25, -0.2) is 52.4 Å². The molecule has 0 aliphatic heterocycles. The lowest BCUT2D eigenvalue weighted by Crippen LogP contribution is -2.13. The predicted octanol–water partition coefficient (Wildman–Crippen LogP) is 13.3. The highest BCUT2D eigenvalue weighted by Crippen LogP contribution is 2.30. The molecule has 0 amide bonds. The van der Waals surface area contributed by atoms with Crippen LogP contribution >= 0.6 is 11.3 Å². The van der Waals surface area contributed by atoms with Crippen molar-refractivity contribution in [1.29, 1.82) is 0 Å². The van der Waals surface area contributed by atoms with Gasteiger partial charge >= 0.3 is 17.9 Å². The number of carboxylic acid groups (broad SMARTS) is 3. The number of carbonyl (C=O) groups is 3. The molecule has 0 atom stereocenters. The molecule has 1 aromatic heterocycles. The SMILES string of the molecule is Cc1cccc(S(=O)(=O)Nc2ccc(CCc3cccc(C(=O)O)c3)cc2)c1.O=C(O)c1cccc(CCc2ccc(NS(=O)(=O)c3cc(S(=O)(=O)c4ccccc4)cs3)cc2)c1.O=C(O)c1cccc(CCc2ccc(NS(=O)(=O)c3cccc(F)c3)cc2)c1. The highest BCUT2D eigenvalue weighted by Gasteiger charge is 2.24. The van der Waals surface area contributed by atoms with Crippen molar-refractivity contribution in [3.63, 3.8) is 0 Å². The van der Waals surface area contributed by atoms with E-state index in [0.29, 0.717) is 49.2 Å². The minimum atomic E-state index is -3.97. The maximum absolute atomic E-state index is 13.3. The summed E-state index contributed by atoms with van der Waals surface area (Å²) in [6.07, 6.45) is 4.07. The van der Waals surface area contributed by atoms with E-state index in [1.165, 1.54) is 35.7 Å². The van der Waals surface area contributed by atoms with Gasteiger partial charge in [-0.05, 0) is 206 Å². The van der Waals surface area contributed by atoms with Crippen LogP contribution in [0.15, 0.2) is 260 Å². The average molecular weight is 1320 g/mol. The molecule has 0 aliphatic carbocycles. The largest absolute Gasteiger partial charge is 0.478 e. The molecule has 0 fully saturated rings. The summed E-state index contributed by atoms with van der Waals surface area (Å²) in [5.41, 5.74) is 8.61. The number of thiophene rings is 1. The van der Waals surface area contributed by atoms with Crippen LogP contribution in [-0.2, 0) is 78.4 Å². The van der Waals surface area contributed by atoms with Crippen LogP contribution in [0.2, 0.25) is 0 Å². The van der Waals surface area contributed by atoms with Gasteiger partial charge in [0.25, 0.3) is 30.1 Å². The number of carboxylic acids is 3. The Kier molecular flexibility index (Phi) is 22.3. The normalized spacial score (nSPS) is 11.4. The zero-order valence-corrected chi connectivity index (χ0v) is 52.6. The van der Waals surface area contributed by atoms with E-state index in [1.54, 1.807) is 152 Å². The van der Waals surface area contributed by atoms with Gasteiger partial charge in [0.2, 0.25) is 9.84 Å². The molecule has 0 radical (unpaired) electrons. The summed E-state index contributed by atoms with van der Waals surface area (Å²) >= 11 is 0.838. The van der Waals surface area contributed by atoms with Gasteiger partial charge in [0.05, 0.1) is 36.3 Å². The maximum Gasteiger partial charge on any atom is 0.335 e. The molecule has 10 rings (SSSR count). The van der Waals surface area contributed by atoms with Crippen molar-refractivity contribution in [2.75, 3.05) is 14.2 Å². The van der Waals surface area contributed by atoms with E-state index in [4.69, 9.17) is 15.3 Å². The molecule has 0 bridgehead atoms. The smallest absolute Gasteiger partial charge is 0.335 e. The Hall–Kier alpha value is -9.78. The van der Waals surface area contributed by atoms with Gasteiger partial charge in [-0.3, -0.25) is 14.2 Å². The molecular weight excluding hydrogens is 1260 g/mol. The lowest BCUT2D eigenvalue weighted by Gasteiger charge is -2.10. The fourth-order valence-electron chi connectivity index (χ4n) is 9.03. The third-order valence-electron chi connectivity index (χ3n) is 13.8. The second-order valence-corrected chi connectivity index (χ2v) is 28.8. The standard InChI is InChI=1S/C25H21NO6S3.C22H21NO4S.C21H18FNO4S/c27-25(28)20-6-4-5-19(15-20)10-9-18-11-13-21(14-12-18)26-35(31,32)24-16-23(17-33-24)34(29,30)22-7-2-1-3-8-22;1-16-4-2-7-21(14-16)28(26,27)23-20-12-10-17(11-13-20)8-9-18-5-3-6-19(15-18)22(24)25;22-18-5-2-6-20(14-18)28(26,27)23-19-11-9-15(10-12-19)7-8-16-3-1-4-17(13-16)21(24)25/h1-8,11-17,26H,9-10H2,(H,27,28);2-7,10-15,23H,8-9H2,1H3,(H,24,25);1-6,9-14,23H,7-8H2,(H,24,25). The summed E-state index contributed by atoms with van der Waals surface area (Å²) in [4.78, 5) is 33.3. The third kappa shape index (κ3) is 19.4. The lowest BCUT2D eigenvalue weighted by atomic mass is 10.0. The molecule has 0 saturated carbocycles. The molecule has 9 aromatic carbocycles. The topological polar surface area (TPSA) is 285 Å². The number of sulfone groups is 1. The monoisotopic (exact) mass is 1320 g/mol. The first-order valence-electron chi connectivity index (χ1n) is 27.8. The number of benzene rings is 9. The molecule has 0 spiro atoms. The summed E-state index contributed by atoms with van der Waals surface area (Å²) in [5, 5.41) is 28.5. The number of anilines is 3. The second-order valence-electron chi connectivity index (χ2n) is 20.6. The van der Waals surface area contributed by atoms with Crippen molar-refractivity contribution in [3.05, 3.63) is 297 Å². The highest BCUT2D eigenvalue weighted by atomic mass is 32.2. The van der Waals surface area contributed by atoms with E-state index in [1.807, 2.05) is 43.3 Å². The van der Waals surface area contributed by atoms with Crippen molar-refractivity contribution in [2.45, 2.75) is 69.2 Å². The van der Waals surface area contributed by atoms with Crippen LogP contribution in [0.3, 0.4) is 0 Å². The fourth-order valence-corrected chi connectivity index (χ4v) is 15.2. The maximum atomic E-state index is 13.3. The highest BCUT2D eigenvalue weighted by molar-refractivity contribution is 7.95. The number of aryl methyl sites for hydroxylation is 7. The van der Waals surface area contributed by atoms with E-state index >= 15 is 0 Å². The van der Waals surface area contributed by atoms with E-state index in [0.717, 1.165) is 68.8 Å². The lowest BCUT2D eigenvalue weighted by molar-refractivity contribution is 0.0686. The minimum absolute atomic E-state index is 0.0728. The minimum Gasteiger partial charge on any atom is -0.478 e. The van der Waals surface area contributed by atoms with Crippen LogP contribution in [-0.4, -0.2) is 66.9 Å². The van der Waals surface area contributed by atoms with Gasteiger partial charge in [-0.2, -0.15) is 0 Å². The van der Waals surface area contributed by atoms with Gasteiger partial charge in [-0.15, -0.1) is 11.3 Å². The van der Waals surface area contributed by atoms with Crippen molar-refractivity contribution >= 4 is 86.2 Å². The summed E-state index contributed by atoms with van der Waals surface area (Å²) in [6.45, 7) is 1.85. The summed E-state index contributed by atoms with van der Waals surface area (Å²) < 4.78 is 121. The molecule has 468 valence electrons. The van der Waals surface area contributed by atoms with Crippen LogP contribution < -0.4 is 14.2 Å². The van der Waals surface area contributed by atoms with Crippen LogP contribution in [0.4, 0.5) is 21.5 Å². The number of nitrogens with one attached hydrogen (secondary N) is 3. The quantitative estimate of drug-likeness (QED) is 0.0347. The number of rotatable bonds is 23. The molecule has 23 heteroatoms. The second kappa shape index (κ2) is 30.2. The number of hydrogen-bond acceptors (Lipinski definition) is 12. The summed E-state index contributed by atoms with van der Waals surface area (Å²) in [6, 6.07) is 61.9. The van der Waals surface area contributed by atoms with E-state index < -0.39 is 63.6 Å². The van der Waals surface area contributed by atoms with Crippen molar-refractivity contribution in [2.24, 2.45) is 0 Å². The first-order chi connectivity index (χ1) is 43.3. The first kappa shape index (κ1) is 67.2. The molecule has 0 saturated heterocycles. The predicted molar refractivity (Wildman–Crippen MR) is 348 cm³/mol. The van der Waals surface area contributed by atoms with Gasteiger partial charge in [-0.1, -0.05) is 109 Å². The van der Waals surface area contributed by atoms with Gasteiger partial charge in [0.15, 0.2) is 0 Å². The van der Waals surface area contributed by atoms with Crippen molar-refractivity contribution in [3.8, 4) is 0 Å². The first-order valence-corrected chi connectivity index (χ1v) is 34.7. The number of aromatic carboxylic acids is 3. The van der Waals surface area contributed by atoms with Crippen LogP contribution in [0, 0.1) is 12.7 Å². The van der Waals surface area contributed by atoms with Crippen LogP contribution in [0.25, 0.3) is 0 Å². The van der Waals surface area contributed by atoms with Crippen molar-refractivity contribution < 1.29 is 67.8 Å². The molecule has 6 N–H and O–H groups in total. The molecular formula is C68H60FN3O14S5. The van der Waals surface area contributed by atoms with E-state index in [2.05, 4.69) is 14.2 Å².